The molecule has 1 N–H and O–H groups in total. The highest BCUT2D eigenvalue weighted by Gasteiger charge is 2.21. The van der Waals surface area contributed by atoms with E-state index in [4.69, 9.17) is 16.3 Å². The number of hydrogen-bond acceptors (Lipinski definition) is 4. The van der Waals surface area contributed by atoms with Crippen LogP contribution in [0.15, 0.2) is 12.3 Å². The molecule has 84 valence electrons. The van der Waals surface area contributed by atoms with Gasteiger partial charge in [0.15, 0.2) is 0 Å². The van der Waals surface area contributed by atoms with E-state index in [2.05, 4.69) is 22.2 Å². The average molecular weight is 230 g/mol. The van der Waals surface area contributed by atoms with Crippen LogP contribution in [0.2, 0.25) is 0 Å². The molecule has 1 unspecified atom stereocenters. The molecule has 0 amide bonds. The quantitative estimate of drug-likeness (QED) is 0.788. The highest BCUT2D eigenvalue weighted by atomic mass is 35.5. The zero-order valence-electron chi connectivity index (χ0n) is 9.25. The van der Waals surface area contributed by atoms with E-state index >= 15 is 0 Å². The lowest BCUT2D eigenvalue weighted by Crippen LogP contribution is -2.36. The highest BCUT2D eigenvalue weighted by molar-refractivity contribution is 6.18. The summed E-state index contributed by atoms with van der Waals surface area (Å²) >= 11 is 5.88. The Balaban J connectivity index is 2.79. The Labute approximate surface area is 95.0 Å². The van der Waals surface area contributed by atoms with Crippen LogP contribution in [0.5, 0.6) is 5.88 Å². The largest absolute Gasteiger partial charge is 0.481 e. The van der Waals surface area contributed by atoms with Gasteiger partial charge >= 0.3 is 0 Å². The minimum absolute atomic E-state index is 0.187. The van der Waals surface area contributed by atoms with Gasteiger partial charge in [-0.25, -0.2) is 4.98 Å². The van der Waals surface area contributed by atoms with Gasteiger partial charge in [0.25, 0.3) is 0 Å². The van der Waals surface area contributed by atoms with E-state index in [9.17, 15) is 0 Å². The Morgan fingerprint density at radius 3 is 2.87 bits per heavy atom. The summed E-state index contributed by atoms with van der Waals surface area (Å²) in [5.41, 5.74) is -0.187. The molecule has 0 fully saturated rings. The van der Waals surface area contributed by atoms with Gasteiger partial charge in [0, 0.05) is 18.1 Å². The third-order valence-corrected chi connectivity index (χ3v) is 2.92. The van der Waals surface area contributed by atoms with E-state index in [0.717, 1.165) is 6.42 Å². The summed E-state index contributed by atoms with van der Waals surface area (Å²) in [5, 5.41) is 3.20. The zero-order valence-corrected chi connectivity index (χ0v) is 10.0. The number of rotatable bonds is 5. The van der Waals surface area contributed by atoms with Crippen LogP contribution in [0.25, 0.3) is 0 Å². The molecule has 0 saturated carbocycles. The number of methoxy groups -OCH3 is 1. The lowest BCUT2D eigenvalue weighted by molar-refractivity contribution is 0.396. The molecule has 1 atom stereocenters. The third-order valence-electron chi connectivity index (χ3n) is 2.33. The van der Waals surface area contributed by atoms with Crippen molar-refractivity contribution in [2.75, 3.05) is 18.3 Å². The van der Waals surface area contributed by atoms with Crippen molar-refractivity contribution in [2.45, 2.75) is 25.8 Å². The monoisotopic (exact) mass is 229 g/mol. The van der Waals surface area contributed by atoms with Gasteiger partial charge in [0.05, 0.1) is 12.6 Å². The van der Waals surface area contributed by atoms with E-state index in [1.165, 1.54) is 0 Å². The maximum atomic E-state index is 5.88. The third kappa shape index (κ3) is 3.23. The van der Waals surface area contributed by atoms with E-state index < -0.39 is 0 Å². The van der Waals surface area contributed by atoms with Crippen LogP contribution in [0.3, 0.4) is 0 Å². The molecule has 1 rings (SSSR count). The lowest BCUT2D eigenvalue weighted by atomic mass is 10.0. The number of nitrogens with one attached hydrogen (secondary N) is 1. The fraction of sp³-hybridized carbons (Fsp3) is 0.600. The van der Waals surface area contributed by atoms with Gasteiger partial charge in [0.2, 0.25) is 11.8 Å². The van der Waals surface area contributed by atoms with Gasteiger partial charge < -0.3 is 10.1 Å². The Morgan fingerprint density at radius 1 is 1.60 bits per heavy atom. The molecule has 0 radical (unpaired) electrons. The molecule has 5 heteroatoms. The topological polar surface area (TPSA) is 47.0 Å². The van der Waals surface area contributed by atoms with Crippen LogP contribution in [-0.4, -0.2) is 28.5 Å². The Bertz CT molecular complexity index is 315. The van der Waals surface area contributed by atoms with Crippen LogP contribution in [0.4, 0.5) is 5.95 Å². The molecule has 15 heavy (non-hydrogen) atoms. The summed E-state index contributed by atoms with van der Waals surface area (Å²) in [5.74, 6) is 1.59. The van der Waals surface area contributed by atoms with Crippen LogP contribution >= 0.6 is 11.6 Å². The van der Waals surface area contributed by atoms with Crippen molar-refractivity contribution >= 4 is 17.5 Å². The number of alkyl halides is 1. The maximum Gasteiger partial charge on any atom is 0.226 e. The molecular weight excluding hydrogens is 214 g/mol. The first-order valence-electron chi connectivity index (χ1n) is 4.84. The first kappa shape index (κ1) is 12.0. The van der Waals surface area contributed by atoms with Crippen LogP contribution in [-0.2, 0) is 0 Å². The molecule has 0 aliphatic rings. The van der Waals surface area contributed by atoms with Gasteiger partial charge in [-0.2, -0.15) is 4.98 Å². The van der Waals surface area contributed by atoms with Crippen LogP contribution in [0.1, 0.15) is 20.3 Å². The normalized spacial score (nSPS) is 14.4. The number of anilines is 1. The second-order valence-corrected chi connectivity index (χ2v) is 3.86. The van der Waals surface area contributed by atoms with Crippen molar-refractivity contribution in [3.63, 3.8) is 0 Å². The van der Waals surface area contributed by atoms with Gasteiger partial charge in [-0.05, 0) is 13.3 Å². The first-order chi connectivity index (χ1) is 7.13. The van der Waals surface area contributed by atoms with Gasteiger partial charge in [0.1, 0.15) is 0 Å². The fourth-order valence-corrected chi connectivity index (χ4v) is 1.26. The SMILES string of the molecule is CCC(C)(CCl)Nc1nccc(OC)n1. The van der Waals surface area contributed by atoms with Crippen molar-refractivity contribution < 1.29 is 4.74 Å². The Morgan fingerprint density at radius 2 is 2.33 bits per heavy atom. The molecule has 1 aromatic rings. The minimum Gasteiger partial charge on any atom is -0.481 e. The summed E-state index contributed by atoms with van der Waals surface area (Å²) in [6.45, 7) is 4.10. The van der Waals surface area contributed by atoms with Crippen molar-refractivity contribution in [2.24, 2.45) is 0 Å². The van der Waals surface area contributed by atoms with Crippen molar-refractivity contribution in [1.82, 2.24) is 9.97 Å². The first-order valence-corrected chi connectivity index (χ1v) is 5.38. The van der Waals surface area contributed by atoms with Crippen molar-refractivity contribution in [3.05, 3.63) is 12.3 Å². The lowest BCUT2D eigenvalue weighted by Gasteiger charge is -2.26. The predicted molar refractivity (Wildman–Crippen MR) is 61.6 cm³/mol. The predicted octanol–water partition coefficient (Wildman–Crippen LogP) is 2.30. The Hall–Kier alpha value is -1.03. The molecule has 0 bridgehead atoms. The molecule has 0 aliphatic heterocycles. The molecule has 0 aromatic carbocycles. The van der Waals surface area contributed by atoms with Gasteiger partial charge in [-0.15, -0.1) is 11.6 Å². The second-order valence-electron chi connectivity index (χ2n) is 3.60. The van der Waals surface area contributed by atoms with E-state index in [1.54, 1.807) is 19.4 Å². The summed E-state index contributed by atoms with van der Waals surface area (Å²) in [7, 11) is 1.58. The summed E-state index contributed by atoms with van der Waals surface area (Å²) < 4.78 is 5.01. The maximum absolute atomic E-state index is 5.88. The Kier molecular flexibility index (Phi) is 4.15. The molecular formula is C10H16ClN3O. The smallest absolute Gasteiger partial charge is 0.226 e. The van der Waals surface area contributed by atoms with E-state index in [0.29, 0.717) is 17.7 Å². The fourth-order valence-electron chi connectivity index (χ4n) is 1.00. The molecule has 1 heterocycles. The molecule has 4 nitrogen and oxygen atoms in total. The minimum atomic E-state index is -0.187. The van der Waals surface area contributed by atoms with E-state index in [1.807, 2.05) is 6.92 Å². The van der Waals surface area contributed by atoms with Crippen LogP contribution in [0, 0.1) is 0 Å². The second kappa shape index (κ2) is 5.16. The number of halogens is 1. The van der Waals surface area contributed by atoms with Gasteiger partial charge in [-0.1, -0.05) is 6.92 Å². The number of ether oxygens (including phenoxy) is 1. The number of hydrogen-bond donors (Lipinski definition) is 1. The molecule has 1 aromatic heterocycles. The zero-order chi connectivity index (χ0) is 11.3. The summed E-state index contributed by atoms with van der Waals surface area (Å²) in [4.78, 5) is 8.28. The molecule has 0 spiro atoms. The molecule has 0 aliphatic carbocycles. The number of nitrogens with zero attached hydrogens (tertiary/aromatic N) is 2. The van der Waals surface area contributed by atoms with Crippen molar-refractivity contribution in [1.29, 1.82) is 0 Å². The molecule has 0 saturated heterocycles. The van der Waals surface area contributed by atoms with Crippen molar-refractivity contribution in [3.8, 4) is 5.88 Å². The average Bonchev–Trinajstić information content (AvgIpc) is 2.29. The van der Waals surface area contributed by atoms with Gasteiger partial charge in [-0.3, -0.25) is 0 Å². The standard InChI is InChI=1S/C10H16ClN3O/c1-4-10(2,7-11)14-9-12-6-5-8(13-9)15-3/h5-6H,4,7H2,1-3H3,(H,12,13,14). The summed E-state index contributed by atoms with van der Waals surface area (Å²) in [6, 6.07) is 1.70. The van der Waals surface area contributed by atoms with Crippen LogP contribution < -0.4 is 10.1 Å². The highest BCUT2D eigenvalue weighted by Crippen LogP contribution is 2.18. The summed E-state index contributed by atoms with van der Waals surface area (Å²) in [6.07, 6.45) is 2.55. The van der Waals surface area contributed by atoms with E-state index in [-0.39, 0.29) is 5.54 Å². The number of aromatic nitrogens is 2.